The summed E-state index contributed by atoms with van der Waals surface area (Å²) in [7, 11) is 0. The van der Waals surface area contributed by atoms with Gasteiger partial charge in [0, 0.05) is 60.9 Å². The van der Waals surface area contributed by atoms with Crippen LogP contribution in [-0.4, -0.2) is 65.0 Å². The molecule has 1 saturated heterocycles. The van der Waals surface area contributed by atoms with Gasteiger partial charge in [-0.3, -0.25) is 14.7 Å². The zero-order valence-electron chi connectivity index (χ0n) is 17.7. The third-order valence-electron chi connectivity index (χ3n) is 5.94. The number of carbonyl (C=O) groups excluding carboxylic acids is 1. The molecule has 3 heterocycles. The van der Waals surface area contributed by atoms with Gasteiger partial charge in [0.1, 0.15) is 12.4 Å². The van der Waals surface area contributed by atoms with E-state index in [4.69, 9.17) is 4.74 Å². The third-order valence-corrected chi connectivity index (χ3v) is 5.94. The number of rotatable bonds is 5. The fourth-order valence-electron chi connectivity index (χ4n) is 4.27. The SMILES string of the molecule is Cc1cc2cc(OCCN3CCN(C(=O)c4ccnc5ccccc45)CC3)ccc2[nH]1. The van der Waals surface area contributed by atoms with E-state index in [1.807, 2.05) is 41.3 Å². The second kappa shape index (κ2) is 8.40. The molecule has 31 heavy (non-hydrogen) atoms. The van der Waals surface area contributed by atoms with Gasteiger partial charge < -0.3 is 14.6 Å². The topological polar surface area (TPSA) is 61.5 Å². The number of H-pyrrole nitrogens is 1. The number of nitrogens with one attached hydrogen (secondary N) is 1. The van der Waals surface area contributed by atoms with E-state index in [1.165, 1.54) is 5.39 Å². The number of pyridine rings is 1. The lowest BCUT2D eigenvalue weighted by molar-refractivity contribution is 0.0622. The maximum Gasteiger partial charge on any atom is 0.254 e. The minimum Gasteiger partial charge on any atom is -0.492 e. The first-order chi connectivity index (χ1) is 15.2. The van der Waals surface area contributed by atoms with Crippen LogP contribution in [0, 0.1) is 6.92 Å². The molecule has 0 aliphatic carbocycles. The quantitative estimate of drug-likeness (QED) is 0.539. The predicted octanol–water partition coefficient (Wildman–Crippen LogP) is 3.86. The Balaban J connectivity index is 1.14. The van der Waals surface area contributed by atoms with Crippen molar-refractivity contribution < 1.29 is 9.53 Å². The van der Waals surface area contributed by atoms with Crippen molar-refractivity contribution in [1.82, 2.24) is 19.8 Å². The van der Waals surface area contributed by atoms with Crippen LogP contribution in [0.4, 0.5) is 0 Å². The van der Waals surface area contributed by atoms with Gasteiger partial charge in [-0.2, -0.15) is 0 Å². The van der Waals surface area contributed by atoms with Gasteiger partial charge in [0.15, 0.2) is 0 Å². The van der Waals surface area contributed by atoms with E-state index in [0.29, 0.717) is 6.61 Å². The highest BCUT2D eigenvalue weighted by atomic mass is 16.5. The number of aromatic amines is 1. The second-order valence-electron chi connectivity index (χ2n) is 8.06. The summed E-state index contributed by atoms with van der Waals surface area (Å²) >= 11 is 0. The number of para-hydroxylation sites is 1. The van der Waals surface area contributed by atoms with Crippen molar-refractivity contribution in [3.05, 3.63) is 72.1 Å². The van der Waals surface area contributed by atoms with Crippen molar-refractivity contribution in [3.63, 3.8) is 0 Å². The Bertz CT molecular complexity index is 1220. The Morgan fingerprint density at radius 3 is 2.77 bits per heavy atom. The molecule has 0 radical (unpaired) electrons. The zero-order chi connectivity index (χ0) is 21.2. The molecule has 0 unspecified atom stereocenters. The maximum absolute atomic E-state index is 13.1. The molecule has 0 bridgehead atoms. The third kappa shape index (κ3) is 4.11. The number of hydrogen-bond acceptors (Lipinski definition) is 4. The molecule has 1 aliphatic heterocycles. The number of benzene rings is 2. The van der Waals surface area contributed by atoms with E-state index in [-0.39, 0.29) is 5.91 Å². The fraction of sp³-hybridized carbons (Fsp3) is 0.280. The van der Waals surface area contributed by atoms with Gasteiger partial charge >= 0.3 is 0 Å². The van der Waals surface area contributed by atoms with Crippen LogP contribution >= 0.6 is 0 Å². The molecule has 2 aromatic carbocycles. The van der Waals surface area contributed by atoms with Crippen LogP contribution in [0.15, 0.2) is 60.8 Å². The highest BCUT2D eigenvalue weighted by Gasteiger charge is 2.23. The van der Waals surface area contributed by atoms with Crippen LogP contribution in [0.5, 0.6) is 5.75 Å². The van der Waals surface area contributed by atoms with Crippen LogP contribution in [0.2, 0.25) is 0 Å². The van der Waals surface area contributed by atoms with Crippen LogP contribution in [0.25, 0.3) is 21.8 Å². The van der Waals surface area contributed by atoms with E-state index in [2.05, 4.69) is 40.0 Å². The predicted molar refractivity (Wildman–Crippen MR) is 123 cm³/mol. The van der Waals surface area contributed by atoms with Crippen LogP contribution < -0.4 is 4.74 Å². The first kappa shape index (κ1) is 19.6. The molecule has 0 saturated carbocycles. The molecule has 1 N–H and O–H groups in total. The zero-order valence-corrected chi connectivity index (χ0v) is 17.7. The molecule has 0 atom stereocenters. The molecule has 6 nitrogen and oxygen atoms in total. The summed E-state index contributed by atoms with van der Waals surface area (Å²) in [4.78, 5) is 25.1. The number of aromatic nitrogens is 2. The maximum atomic E-state index is 13.1. The lowest BCUT2D eigenvalue weighted by atomic mass is 10.1. The van der Waals surface area contributed by atoms with Crippen LogP contribution in [-0.2, 0) is 0 Å². The monoisotopic (exact) mass is 414 g/mol. The lowest BCUT2D eigenvalue weighted by Crippen LogP contribution is -2.49. The van der Waals surface area contributed by atoms with Gasteiger partial charge in [-0.15, -0.1) is 0 Å². The van der Waals surface area contributed by atoms with Crippen molar-refractivity contribution in [2.75, 3.05) is 39.3 Å². The summed E-state index contributed by atoms with van der Waals surface area (Å²) in [5.74, 6) is 0.981. The minimum atomic E-state index is 0.0876. The van der Waals surface area contributed by atoms with Crippen LogP contribution in [0.1, 0.15) is 16.1 Å². The molecule has 1 aliphatic rings. The summed E-state index contributed by atoms with van der Waals surface area (Å²) in [6, 6.07) is 17.9. The molecular weight excluding hydrogens is 388 g/mol. The summed E-state index contributed by atoms with van der Waals surface area (Å²) in [5, 5.41) is 2.09. The highest BCUT2D eigenvalue weighted by molar-refractivity contribution is 6.06. The number of nitrogens with zero attached hydrogens (tertiary/aromatic N) is 3. The largest absolute Gasteiger partial charge is 0.492 e. The van der Waals surface area contributed by atoms with E-state index in [9.17, 15) is 4.79 Å². The summed E-state index contributed by atoms with van der Waals surface area (Å²) in [6.07, 6.45) is 1.72. The average molecular weight is 415 g/mol. The Labute approximate surface area is 181 Å². The molecule has 0 spiro atoms. The van der Waals surface area contributed by atoms with Gasteiger partial charge in [-0.1, -0.05) is 18.2 Å². The Kier molecular flexibility index (Phi) is 5.30. The van der Waals surface area contributed by atoms with E-state index in [0.717, 1.165) is 66.2 Å². The first-order valence-electron chi connectivity index (χ1n) is 10.7. The smallest absolute Gasteiger partial charge is 0.254 e. The fourth-order valence-corrected chi connectivity index (χ4v) is 4.27. The molecule has 2 aromatic heterocycles. The van der Waals surface area contributed by atoms with E-state index < -0.39 is 0 Å². The molecule has 1 amide bonds. The Morgan fingerprint density at radius 2 is 1.90 bits per heavy atom. The van der Waals surface area contributed by atoms with Crippen molar-refractivity contribution in [2.45, 2.75) is 6.92 Å². The molecule has 4 aromatic rings. The van der Waals surface area contributed by atoms with Gasteiger partial charge in [0.2, 0.25) is 0 Å². The first-order valence-corrected chi connectivity index (χ1v) is 10.7. The number of amides is 1. The van der Waals surface area contributed by atoms with Gasteiger partial charge in [0.05, 0.1) is 11.1 Å². The van der Waals surface area contributed by atoms with Gasteiger partial charge in [-0.25, -0.2) is 0 Å². The number of ether oxygens (including phenoxy) is 1. The summed E-state index contributed by atoms with van der Waals surface area (Å²) in [6.45, 7) is 6.71. The van der Waals surface area contributed by atoms with Gasteiger partial charge in [-0.05, 0) is 43.3 Å². The minimum absolute atomic E-state index is 0.0876. The molecule has 5 rings (SSSR count). The Morgan fingerprint density at radius 1 is 1.06 bits per heavy atom. The number of carbonyl (C=O) groups is 1. The van der Waals surface area contributed by atoms with Crippen molar-refractivity contribution in [1.29, 1.82) is 0 Å². The van der Waals surface area contributed by atoms with Crippen molar-refractivity contribution >= 4 is 27.7 Å². The average Bonchev–Trinajstić information content (AvgIpc) is 3.18. The Hall–Kier alpha value is -3.38. The highest BCUT2D eigenvalue weighted by Crippen LogP contribution is 2.22. The number of fused-ring (bicyclic) bond motifs is 2. The van der Waals surface area contributed by atoms with Crippen molar-refractivity contribution in [2.24, 2.45) is 0 Å². The van der Waals surface area contributed by atoms with Crippen molar-refractivity contribution in [3.8, 4) is 5.75 Å². The van der Waals surface area contributed by atoms with Gasteiger partial charge in [0.25, 0.3) is 5.91 Å². The van der Waals surface area contributed by atoms with Crippen LogP contribution in [0.3, 0.4) is 0 Å². The lowest BCUT2D eigenvalue weighted by Gasteiger charge is -2.34. The standard InChI is InChI=1S/C25H26N4O2/c1-18-16-19-17-20(6-7-23(19)27-18)31-15-14-28-10-12-29(13-11-28)25(30)22-8-9-26-24-5-3-2-4-21(22)24/h2-9,16-17,27H,10-15H2,1H3. The molecular formula is C25H26N4O2. The molecule has 158 valence electrons. The number of hydrogen-bond donors (Lipinski definition) is 1. The normalized spacial score (nSPS) is 14.9. The number of piperazine rings is 1. The molecule has 6 heteroatoms. The molecule has 1 fully saturated rings. The second-order valence-corrected chi connectivity index (χ2v) is 8.06. The summed E-state index contributed by atoms with van der Waals surface area (Å²) < 4.78 is 5.97. The van der Waals surface area contributed by atoms with E-state index in [1.54, 1.807) is 6.20 Å². The summed E-state index contributed by atoms with van der Waals surface area (Å²) in [5.41, 5.74) is 3.88. The number of aryl methyl sites for hydroxylation is 1. The van der Waals surface area contributed by atoms with E-state index >= 15 is 0 Å².